The van der Waals surface area contributed by atoms with Gasteiger partial charge in [-0.3, -0.25) is 0 Å². The predicted molar refractivity (Wildman–Crippen MR) is 157 cm³/mol. The van der Waals surface area contributed by atoms with Gasteiger partial charge in [0.15, 0.2) is 0 Å². The smallest absolute Gasteiger partial charge is 0.131 e. The van der Waals surface area contributed by atoms with Crippen LogP contribution in [0.3, 0.4) is 0 Å². The molecule has 2 aliphatic carbocycles. The van der Waals surface area contributed by atoms with Crippen LogP contribution in [0.2, 0.25) is 0 Å². The topological polar surface area (TPSA) is 9.23 Å². The fourth-order valence-electron chi connectivity index (χ4n) is 7.08. The molecule has 0 radical (unpaired) electrons. The van der Waals surface area contributed by atoms with Crippen molar-refractivity contribution in [1.29, 1.82) is 0 Å². The van der Waals surface area contributed by atoms with E-state index in [0.29, 0.717) is 18.1 Å². The maximum atomic E-state index is 15.3. The molecule has 0 aliphatic heterocycles. The minimum absolute atomic E-state index is 0.102. The number of ether oxygens (including phenoxy) is 1. The molecule has 1 nitrogen and oxygen atoms in total. The Balaban J connectivity index is 1.13. The van der Waals surface area contributed by atoms with Crippen LogP contribution < -0.4 is 4.74 Å². The summed E-state index contributed by atoms with van der Waals surface area (Å²) in [5.41, 5.74) is 3.91. The van der Waals surface area contributed by atoms with Crippen molar-refractivity contribution >= 4 is 0 Å². The van der Waals surface area contributed by atoms with Crippen molar-refractivity contribution in [2.75, 3.05) is 0 Å². The summed E-state index contributed by atoms with van der Waals surface area (Å²) in [5, 5.41) is 0. The lowest BCUT2D eigenvalue weighted by Gasteiger charge is -2.42. The molecule has 5 rings (SSSR count). The minimum atomic E-state index is -0.102. The van der Waals surface area contributed by atoms with E-state index < -0.39 is 0 Å². The van der Waals surface area contributed by atoms with Crippen molar-refractivity contribution in [3.8, 4) is 16.9 Å². The van der Waals surface area contributed by atoms with Gasteiger partial charge in [0.05, 0.1) is 0 Å². The van der Waals surface area contributed by atoms with Gasteiger partial charge in [-0.2, -0.15) is 0 Å². The molecule has 3 aromatic carbocycles. The van der Waals surface area contributed by atoms with E-state index >= 15 is 4.39 Å². The SMILES string of the molecule is CCCCCCCC1CC[C@@H]2C[C@H](c3ccc(-c4ccc(OCc5ccccc5)cc4)c(F)c3)CC[C@@H]2C1. The molecule has 0 heterocycles. The van der Waals surface area contributed by atoms with Crippen LogP contribution in [-0.4, -0.2) is 0 Å². The van der Waals surface area contributed by atoms with Gasteiger partial charge in [-0.05, 0) is 90.7 Å². The summed E-state index contributed by atoms with van der Waals surface area (Å²) in [5.74, 6) is 3.93. The van der Waals surface area contributed by atoms with E-state index in [-0.39, 0.29) is 5.82 Å². The van der Waals surface area contributed by atoms with Gasteiger partial charge in [0.1, 0.15) is 18.2 Å². The molecule has 202 valence electrons. The number of rotatable bonds is 11. The van der Waals surface area contributed by atoms with Gasteiger partial charge in [-0.25, -0.2) is 4.39 Å². The van der Waals surface area contributed by atoms with E-state index in [4.69, 9.17) is 4.74 Å². The Bertz CT molecular complexity index is 1120. The molecule has 0 aromatic heterocycles. The van der Waals surface area contributed by atoms with Gasteiger partial charge >= 0.3 is 0 Å². The van der Waals surface area contributed by atoms with Gasteiger partial charge in [0, 0.05) is 5.56 Å². The second kappa shape index (κ2) is 13.5. The first-order chi connectivity index (χ1) is 18.7. The van der Waals surface area contributed by atoms with Gasteiger partial charge in [-0.15, -0.1) is 0 Å². The summed E-state index contributed by atoms with van der Waals surface area (Å²) in [7, 11) is 0. The lowest BCUT2D eigenvalue weighted by atomic mass is 9.63. The van der Waals surface area contributed by atoms with Crippen molar-refractivity contribution in [3.05, 3.63) is 89.7 Å². The van der Waals surface area contributed by atoms with E-state index in [1.807, 2.05) is 54.6 Å². The average Bonchev–Trinajstić information content (AvgIpc) is 2.96. The van der Waals surface area contributed by atoms with Gasteiger partial charge in [-0.1, -0.05) is 106 Å². The van der Waals surface area contributed by atoms with Crippen molar-refractivity contribution in [1.82, 2.24) is 0 Å². The first-order valence-corrected chi connectivity index (χ1v) is 15.3. The third-order valence-corrected chi connectivity index (χ3v) is 9.32. The molecule has 0 spiro atoms. The summed E-state index contributed by atoms with van der Waals surface area (Å²) in [6.07, 6.45) is 16.5. The Morgan fingerprint density at radius 1 is 0.763 bits per heavy atom. The molecule has 38 heavy (non-hydrogen) atoms. The van der Waals surface area contributed by atoms with Crippen LogP contribution in [0.1, 0.15) is 101 Å². The van der Waals surface area contributed by atoms with Gasteiger partial charge in [0.2, 0.25) is 0 Å². The van der Waals surface area contributed by atoms with Crippen LogP contribution in [-0.2, 0) is 6.61 Å². The highest BCUT2D eigenvalue weighted by atomic mass is 19.1. The van der Waals surface area contributed by atoms with E-state index in [1.165, 1.54) is 82.6 Å². The zero-order valence-electron chi connectivity index (χ0n) is 23.2. The third kappa shape index (κ3) is 7.07. The summed E-state index contributed by atoms with van der Waals surface area (Å²) >= 11 is 0. The number of hydrogen-bond donors (Lipinski definition) is 0. The van der Waals surface area contributed by atoms with Gasteiger partial charge in [0.25, 0.3) is 0 Å². The van der Waals surface area contributed by atoms with Crippen molar-refractivity contribution < 1.29 is 9.13 Å². The molecule has 2 aliphatic rings. The Hall–Kier alpha value is -2.61. The molecule has 0 bridgehead atoms. The normalized spacial score (nSPS) is 23.1. The van der Waals surface area contributed by atoms with Gasteiger partial charge < -0.3 is 4.74 Å². The number of halogens is 1. The molecule has 1 unspecified atom stereocenters. The lowest BCUT2D eigenvalue weighted by molar-refractivity contribution is 0.113. The van der Waals surface area contributed by atoms with Crippen LogP contribution in [0.5, 0.6) is 5.75 Å². The number of benzene rings is 3. The summed E-state index contributed by atoms with van der Waals surface area (Å²) in [6, 6.07) is 24.0. The van der Waals surface area contributed by atoms with Crippen molar-refractivity contribution in [2.24, 2.45) is 17.8 Å². The maximum absolute atomic E-state index is 15.3. The van der Waals surface area contributed by atoms with E-state index in [2.05, 4.69) is 25.1 Å². The zero-order valence-corrected chi connectivity index (χ0v) is 23.2. The van der Waals surface area contributed by atoms with Crippen LogP contribution in [0.25, 0.3) is 11.1 Å². The zero-order chi connectivity index (χ0) is 26.2. The van der Waals surface area contributed by atoms with Crippen molar-refractivity contribution in [3.63, 3.8) is 0 Å². The quantitative estimate of drug-likeness (QED) is 0.232. The van der Waals surface area contributed by atoms with Crippen LogP contribution >= 0.6 is 0 Å². The summed E-state index contributed by atoms with van der Waals surface area (Å²) in [4.78, 5) is 0. The Labute approximate surface area is 229 Å². The fourth-order valence-corrected chi connectivity index (χ4v) is 7.08. The molecule has 2 saturated carbocycles. The molecule has 2 fully saturated rings. The van der Waals surface area contributed by atoms with E-state index in [9.17, 15) is 0 Å². The largest absolute Gasteiger partial charge is 0.489 e. The summed E-state index contributed by atoms with van der Waals surface area (Å²) < 4.78 is 21.2. The molecule has 0 saturated heterocycles. The van der Waals surface area contributed by atoms with Crippen LogP contribution in [0.4, 0.5) is 4.39 Å². The molecule has 4 atom stereocenters. The molecule has 0 amide bonds. The lowest BCUT2D eigenvalue weighted by Crippen LogP contribution is -2.30. The first kappa shape index (κ1) is 27.0. The highest BCUT2D eigenvalue weighted by Crippen LogP contribution is 2.48. The summed E-state index contributed by atoms with van der Waals surface area (Å²) in [6.45, 7) is 2.83. The predicted octanol–water partition coefficient (Wildman–Crippen LogP) is 10.7. The Kier molecular flexibility index (Phi) is 9.55. The molecular weight excluding hydrogens is 467 g/mol. The minimum Gasteiger partial charge on any atom is -0.489 e. The average molecular weight is 513 g/mol. The number of hydrogen-bond acceptors (Lipinski definition) is 1. The molecule has 0 N–H and O–H groups in total. The standard InChI is InChI=1S/C36H45FO/c1-2-3-4-5-7-10-27-13-14-31-24-32(16-15-30(31)23-27)33-19-22-35(36(37)25-33)29-17-20-34(21-18-29)38-26-28-11-8-6-9-12-28/h6,8-9,11-12,17-22,25,27,30-32H,2-5,7,10,13-16,23-24,26H2,1H3/t27?,30-,31-,32-/m1/s1. The second-order valence-electron chi connectivity index (χ2n) is 12.0. The maximum Gasteiger partial charge on any atom is 0.131 e. The monoisotopic (exact) mass is 512 g/mol. The second-order valence-corrected chi connectivity index (χ2v) is 12.0. The Morgan fingerprint density at radius 2 is 1.53 bits per heavy atom. The molecule has 2 heteroatoms. The van der Waals surface area contributed by atoms with Crippen LogP contribution in [0, 0.1) is 23.6 Å². The fraction of sp³-hybridized carbons (Fsp3) is 0.500. The Morgan fingerprint density at radius 3 is 2.32 bits per heavy atom. The van der Waals surface area contributed by atoms with Crippen molar-refractivity contribution in [2.45, 2.75) is 96.5 Å². The molecule has 3 aromatic rings. The number of unbranched alkanes of at least 4 members (excludes halogenated alkanes) is 4. The number of fused-ring (bicyclic) bond motifs is 1. The third-order valence-electron chi connectivity index (χ3n) is 9.32. The highest BCUT2D eigenvalue weighted by Gasteiger charge is 2.35. The van der Waals surface area contributed by atoms with E-state index in [1.54, 1.807) is 0 Å². The first-order valence-electron chi connectivity index (χ1n) is 15.3. The van der Waals surface area contributed by atoms with E-state index in [0.717, 1.165) is 34.6 Å². The molecular formula is C36H45FO. The highest BCUT2D eigenvalue weighted by molar-refractivity contribution is 5.65. The van der Waals surface area contributed by atoms with Crippen LogP contribution in [0.15, 0.2) is 72.8 Å².